The predicted octanol–water partition coefficient (Wildman–Crippen LogP) is 4.74. The lowest BCUT2D eigenvalue weighted by Gasteiger charge is -2.23. The highest BCUT2D eigenvalue weighted by molar-refractivity contribution is 7.92. The lowest BCUT2D eigenvalue weighted by molar-refractivity contribution is -0.116. The van der Waals surface area contributed by atoms with Crippen molar-refractivity contribution in [2.24, 2.45) is 0 Å². The van der Waals surface area contributed by atoms with Crippen LogP contribution in [0, 0.1) is 0 Å². The van der Waals surface area contributed by atoms with E-state index < -0.39 is 10.0 Å². The lowest BCUT2D eigenvalue weighted by Crippen LogP contribution is -2.31. The van der Waals surface area contributed by atoms with Crippen molar-refractivity contribution in [3.05, 3.63) is 65.2 Å². The third-order valence-electron chi connectivity index (χ3n) is 3.83. The number of nitrogens with zero attached hydrogens (tertiary/aromatic N) is 1. The molecule has 0 saturated carbocycles. The molecular formula is C20H22Cl2N2O4S. The zero-order valence-electron chi connectivity index (χ0n) is 15.9. The summed E-state index contributed by atoms with van der Waals surface area (Å²) in [7, 11) is -3.59. The second kappa shape index (κ2) is 10.5. The Balaban J connectivity index is 1.98. The molecule has 2 aromatic carbocycles. The number of anilines is 2. The molecule has 0 bridgehead atoms. The number of benzene rings is 2. The van der Waals surface area contributed by atoms with Gasteiger partial charge >= 0.3 is 0 Å². The second-order valence-electron chi connectivity index (χ2n) is 6.21. The fraction of sp³-hybridized carbons (Fsp3) is 0.250. The number of hydrogen-bond donors (Lipinski definition) is 1. The zero-order valence-corrected chi connectivity index (χ0v) is 18.2. The Hall–Kier alpha value is -2.22. The van der Waals surface area contributed by atoms with Gasteiger partial charge in [0.25, 0.3) is 0 Å². The summed E-state index contributed by atoms with van der Waals surface area (Å²) in [6, 6.07) is 11.6. The molecule has 0 aromatic heterocycles. The predicted molar refractivity (Wildman–Crippen MR) is 119 cm³/mol. The minimum Gasteiger partial charge on any atom is -0.489 e. The maximum absolute atomic E-state index is 12.2. The van der Waals surface area contributed by atoms with Gasteiger partial charge in [-0.3, -0.25) is 9.10 Å². The van der Waals surface area contributed by atoms with Crippen LogP contribution in [0.1, 0.15) is 12.8 Å². The number of sulfonamides is 1. The minimum absolute atomic E-state index is 0.0921. The number of amides is 1. The molecule has 2 rings (SSSR count). The number of carbonyl (C=O) groups excluding carboxylic acids is 1. The molecule has 0 heterocycles. The summed E-state index contributed by atoms with van der Waals surface area (Å²) in [5, 5.41) is 3.41. The molecule has 1 amide bonds. The van der Waals surface area contributed by atoms with Crippen molar-refractivity contribution in [2.75, 3.05) is 29.0 Å². The Morgan fingerprint density at radius 3 is 2.69 bits per heavy atom. The summed E-state index contributed by atoms with van der Waals surface area (Å²) in [4.78, 5) is 12.2. The molecule has 0 radical (unpaired) electrons. The van der Waals surface area contributed by atoms with Crippen molar-refractivity contribution in [3.8, 4) is 5.75 Å². The number of halogens is 2. The monoisotopic (exact) mass is 456 g/mol. The van der Waals surface area contributed by atoms with E-state index in [9.17, 15) is 13.2 Å². The SMILES string of the molecule is C=CCOc1cccc(NC(=O)CCCN(c2cc(Cl)ccc2Cl)S(C)(=O)=O)c1. The molecule has 9 heteroatoms. The van der Waals surface area contributed by atoms with E-state index in [1.807, 2.05) is 0 Å². The molecule has 1 N–H and O–H groups in total. The van der Waals surface area contributed by atoms with Crippen molar-refractivity contribution in [3.63, 3.8) is 0 Å². The second-order valence-corrected chi connectivity index (χ2v) is 8.96. The van der Waals surface area contributed by atoms with Crippen LogP contribution in [0.5, 0.6) is 5.75 Å². The van der Waals surface area contributed by atoms with Gasteiger partial charge in [-0.05, 0) is 36.8 Å². The summed E-state index contributed by atoms with van der Waals surface area (Å²) >= 11 is 12.1. The summed E-state index contributed by atoms with van der Waals surface area (Å²) in [6.07, 6.45) is 3.14. The van der Waals surface area contributed by atoms with Crippen molar-refractivity contribution >= 4 is 50.5 Å². The maximum Gasteiger partial charge on any atom is 0.232 e. The van der Waals surface area contributed by atoms with Gasteiger partial charge in [-0.1, -0.05) is 41.9 Å². The molecule has 0 spiro atoms. The van der Waals surface area contributed by atoms with Crippen LogP contribution in [0.4, 0.5) is 11.4 Å². The molecule has 29 heavy (non-hydrogen) atoms. The molecule has 6 nitrogen and oxygen atoms in total. The number of carbonyl (C=O) groups is 1. The van der Waals surface area contributed by atoms with E-state index in [-0.39, 0.29) is 29.6 Å². The Kier molecular flexibility index (Phi) is 8.37. The van der Waals surface area contributed by atoms with Crippen molar-refractivity contribution in [1.29, 1.82) is 0 Å². The van der Waals surface area contributed by atoms with Crippen molar-refractivity contribution < 1.29 is 17.9 Å². The first-order chi connectivity index (χ1) is 13.7. The molecule has 0 fully saturated rings. The first kappa shape index (κ1) is 23.1. The van der Waals surface area contributed by atoms with Gasteiger partial charge < -0.3 is 10.1 Å². The van der Waals surface area contributed by atoms with Gasteiger partial charge in [0, 0.05) is 29.7 Å². The van der Waals surface area contributed by atoms with Crippen LogP contribution < -0.4 is 14.4 Å². The van der Waals surface area contributed by atoms with Crippen LogP contribution in [0.15, 0.2) is 55.1 Å². The van der Waals surface area contributed by atoms with Gasteiger partial charge in [0.15, 0.2) is 0 Å². The third kappa shape index (κ3) is 7.27. The first-order valence-electron chi connectivity index (χ1n) is 8.77. The minimum atomic E-state index is -3.59. The van der Waals surface area contributed by atoms with Crippen molar-refractivity contribution in [2.45, 2.75) is 12.8 Å². The molecule has 2 aromatic rings. The topological polar surface area (TPSA) is 75.7 Å². The van der Waals surface area contributed by atoms with Gasteiger partial charge in [-0.25, -0.2) is 8.42 Å². The molecule has 0 aliphatic heterocycles. The Morgan fingerprint density at radius 1 is 1.24 bits per heavy atom. The fourth-order valence-corrected chi connectivity index (χ4v) is 3.97. The van der Waals surface area contributed by atoms with Crippen LogP contribution in [-0.4, -0.2) is 33.7 Å². The Labute approximate surface area is 181 Å². The highest BCUT2D eigenvalue weighted by Gasteiger charge is 2.20. The van der Waals surface area contributed by atoms with Crippen LogP contribution in [0.2, 0.25) is 10.0 Å². The van der Waals surface area contributed by atoms with Crippen molar-refractivity contribution in [1.82, 2.24) is 0 Å². The average Bonchev–Trinajstić information content (AvgIpc) is 2.65. The summed E-state index contributed by atoms with van der Waals surface area (Å²) in [6.45, 7) is 4.04. The van der Waals surface area contributed by atoms with Gasteiger partial charge in [-0.2, -0.15) is 0 Å². The van der Waals surface area contributed by atoms with E-state index >= 15 is 0 Å². The van der Waals surface area contributed by atoms with E-state index in [1.54, 1.807) is 36.4 Å². The normalized spacial score (nSPS) is 11.0. The van der Waals surface area contributed by atoms with Crippen LogP contribution in [-0.2, 0) is 14.8 Å². The maximum atomic E-state index is 12.2. The molecule has 0 aliphatic carbocycles. The van der Waals surface area contributed by atoms with Crippen LogP contribution in [0.25, 0.3) is 0 Å². The molecular weight excluding hydrogens is 435 g/mol. The van der Waals surface area contributed by atoms with E-state index in [0.717, 1.165) is 10.6 Å². The highest BCUT2D eigenvalue weighted by Crippen LogP contribution is 2.31. The van der Waals surface area contributed by atoms with E-state index in [1.165, 1.54) is 12.1 Å². The number of nitrogens with one attached hydrogen (secondary N) is 1. The Bertz CT molecular complexity index is 980. The molecule has 0 unspecified atom stereocenters. The lowest BCUT2D eigenvalue weighted by atomic mass is 10.2. The smallest absolute Gasteiger partial charge is 0.232 e. The summed E-state index contributed by atoms with van der Waals surface area (Å²) in [5.41, 5.74) is 0.878. The van der Waals surface area contributed by atoms with Gasteiger partial charge in [-0.15, -0.1) is 0 Å². The van der Waals surface area contributed by atoms with Gasteiger partial charge in [0.05, 0.1) is 17.0 Å². The van der Waals surface area contributed by atoms with Crippen LogP contribution in [0.3, 0.4) is 0 Å². The first-order valence-corrected chi connectivity index (χ1v) is 11.4. The zero-order chi connectivity index (χ0) is 21.4. The highest BCUT2D eigenvalue weighted by atomic mass is 35.5. The molecule has 156 valence electrons. The van der Waals surface area contributed by atoms with Gasteiger partial charge in [0.2, 0.25) is 15.9 Å². The van der Waals surface area contributed by atoms with Gasteiger partial charge in [0.1, 0.15) is 12.4 Å². The van der Waals surface area contributed by atoms with E-state index in [0.29, 0.717) is 29.5 Å². The average molecular weight is 457 g/mol. The van der Waals surface area contributed by atoms with Crippen LogP contribution >= 0.6 is 23.2 Å². The van der Waals surface area contributed by atoms with E-state index in [4.69, 9.17) is 27.9 Å². The molecule has 0 aliphatic rings. The number of ether oxygens (including phenoxy) is 1. The van der Waals surface area contributed by atoms with E-state index in [2.05, 4.69) is 11.9 Å². The quantitative estimate of drug-likeness (QED) is 0.523. The summed E-state index contributed by atoms with van der Waals surface area (Å²) in [5.74, 6) is 0.373. The Morgan fingerprint density at radius 2 is 2.00 bits per heavy atom. The number of rotatable bonds is 10. The number of hydrogen-bond acceptors (Lipinski definition) is 4. The standard InChI is InChI=1S/C20H22Cl2N2O4S/c1-3-12-28-17-7-4-6-16(14-17)23-20(25)8-5-11-24(29(2,26)27)19-13-15(21)9-10-18(19)22/h3-4,6-7,9-10,13-14H,1,5,8,11-12H2,2H3,(H,23,25). The largest absolute Gasteiger partial charge is 0.489 e. The summed E-state index contributed by atoms with van der Waals surface area (Å²) < 4.78 is 31.0. The molecule has 0 saturated heterocycles. The molecule has 0 atom stereocenters. The third-order valence-corrected chi connectivity index (χ3v) is 5.56. The fourth-order valence-electron chi connectivity index (χ4n) is 2.57.